The number of rotatable bonds is 6. The molecule has 1 aliphatic heterocycles. The van der Waals surface area contributed by atoms with Crippen LogP contribution in [0.2, 0.25) is 5.02 Å². The minimum Gasteiger partial charge on any atom is -0.368 e. The van der Waals surface area contributed by atoms with Crippen molar-refractivity contribution in [2.24, 2.45) is 11.7 Å². The third kappa shape index (κ3) is 7.31. The molecule has 0 spiro atoms. The first-order valence-corrected chi connectivity index (χ1v) is 13.0. The van der Waals surface area contributed by atoms with Gasteiger partial charge in [-0.1, -0.05) is 61.7 Å². The summed E-state index contributed by atoms with van der Waals surface area (Å²) in [7, 11) is 0. The SMILES string of the molecule is Cc1cc(Cl)ccc1C(=O)N1CCN(C2CCCCC2C)CC1.NC(=O)C(NC=O)c1ccccc1. The standard InChI is InChI=1S/C19H27ClN2O.C9H10N2O2/c1-14-5-3-4-6-18(14)21-9-11-22(12-10-21)19(23)17-8-7-16(20)13-15(17)2;10-9(13)8(11-6-12)7-4-2-1-3-5-7/h7-8,13-14,18H,3-6,9-12H2,1-2H3;1-6,8H,(H2,10,13)(H,11,12). The van der Waals surface area contributed by atoms with Gasteiger partial charge in [-0.25, -0.2) is 0 Å². The summed E-state index contributed by atoms with van der Waals surface area (Å²) >= 11 is 5.99. The molecule has 0 bridgehead atoms. The maximum Gasteiger partial charge on any atom is 0.254 e. The number of nitrogens with two attached hydrogens (primary N) is 1. The molecule has 0 radical (unpaired) electrons. The van der Waals surface area contributed by atoms with Crippen LogP contribution in [0, 0.1) is 12.8 Å². The van der Waals surface area contributed by atoms with Crippen LogP contribution >= 0.6 is 11.6 Å². The normalized spacial score (nSPS) is 21.0. The molecule has 1 saturated carbocycles. The van der Waals surface area contributed by atoms with Crippen LogP contribution in [0.1, 0.15) is 60.1 Å². The van der Waals surface area contributed by atoms with Crippen molar-refractivity contribution >= 4 is 29.8 Å². The first-order chi connectivity index (χ1) is 17.3. The first-order valence-electron chi connectivity index (χ1n) is 12.6. The molecule has 3 unspecified atom stereocenters. The molecule has 3 N–H and O–H groups in total. The highest BCUT2D eigenvalue weighted by Gasteiger charge is 2.31. The molecule has 2 aliphatic rings. The second-order valence-electron chi connectivity index (χ2n) is 9.65. The predicted octanol–water partition coefficient (Wildman–Crippen LogP) is 3.94. The van der Waals surface area contributed by atoms with E-state index in [1.165, 1.54) is 25.7 Å². The second kappa shape index (κ2) is 13.4. The molecule has 36 heavy (non-hydrogen) atoms. The van der Waals surface area contributed by atoms with Crippen molar-refractivity contribution in [2.75, 3.05) is 26.2 Å². The number of aryl methyl sites for hydroxylation is 1. The zero-order valence-electron chi connectivity index (χ0n) is 21.2. The Morgan fingerprint density at radius 1 is 1.06 bits per heavy atom. The van der Waals surface area contributed by atoms with Gasteiger partial charge in [-0.2, -0.15) is 0 Å². The lowest BCUT2D eigenvalue weighted by molar-refractivity contribution is -0.122. The molecule has 1 saturated heterocycles. The average Bonchev–Trinajstić information content (AvgIpc) is 2.88. The average molecular weight is 513 g/mol. The van der Waals surface area contributed by atoms with Gasteiger partial charge in [-0.15, -0.1) is 0 Å². The summed E-state index contributed by atoms with van der Waals surface area (Å²) in [5, 5.41) is 3.03. The monoisotopic (exact) mass is 512 g/mol. The number of halogens is 1. The van der Waals surface area contributed by atoms with E-state index in [-0.39, 0.29) is 5.91 Å². The third-order valence-corrected chi connectivity index (χ3v) is 7.44. The molecule has 1 aliphatic carbocycles. The van der Waals surface area contributed by atoms with Gasteiger partial charge in [0.1, 0.15) is 6.04 Å². The Balaban J connectivity index is 0.000000236. The van der Waals surface area contributed by atoms with E-state index in [9.17, 15) is 14.4 Å². The number of amides is 3. The molecule has 2 aromatic rings. The van der Waals surface area contributed by atoms with Crippen molar-refractivity contribution in [1.82, 2.24) is 15.1 Å². The van der Waals surface area contributed by atoms with Gasteiger partial charge in [0.2, 0.25) is 12.3 Å². The molecule has 7 nitrogen and oxygen atoms in total. The van der Waals surface area contributed by atoms with Gasteiger partial charge in [-0.3, -0.25) is 19.3 Å². The van der Waals surface area contributed by atoms with Gasteiger partial charge in [-0.05, 0) is 55.0 Å². The number of nitrogens with zero attached hydrogens (tertiary/aromatic N) is 2. The molecule has 3 amide bonds. The summed E-state index contributed by atoms with van der Waals surface area (Å²) < 4.78 is 0. The highest BCUT2D eigenvalue weighted by atomic mass is 35.5. The van der Waals surface area contributed by atoms with E-state index in [4.69, 9.17) is 17.3 Å². The van der Waals surface area contributed by atoms with Gasteiger partial charge >= 0.3 is 0 Å². The van der Waals surface area contributed by atoms with Crippen molar-refractivity contribution in [3.8, 4) is 0 Å². The Morgan fingerprint density at radius 3 is 2.31 bits per heavy atom. The van der Waals surface area contributed by atoms with Crippen molar-refractivity contribution in [3.05, 3.63) is 70.2 Å². The van der Waals surface area contributed by atoms with Crippen LogP contribution in [0.25, 0.3) is 0 Å². The Morgan fingerprint density at radius 2 is 1.72 bits per heavy atom. The number of primary amides is 1. The van der Waals surface area contributed by atoms with Crippen LogP contribution in [-0.4, -0.2) is 60.2 Å². The molecule has 2 aromatic carbocycles. The number of benzene rings is 2. The summed E-state index contributed by atoms with van der Waals surface area (Å²) in [6.07, 6.45) is 5.88. The van der Waals surface area contributed by atoms with E-state index in [1.807, 2.05) is 36.1 Å². The van der Waals surface area contributed by atoms with E-state index in [0.717, 1.165) is 49.3 Å². The number of carbonyl (C=O) groups is 3. The van der Waals surface area contributed by atoms with Crippen LogP contribution in [0.4, 0.5) is 0 Å². The van der Waals surface area contributed by atoms with E-state index >= 15 is 0 Å². The zero-order valence-corrected chi connectivity index (χ0v) is 21.9. The topological polar surface area (TPSA) is 95.7 Å². The maximum atomic E-state index is 12.7. The van der Waals surface area contributed by atoms with Crippen LogP contribution in [0.3, 0.4) is 0 Å². The van der Waals surface area contributed by atoms with Crippen LogP contribution < -0.4 is 11.1 Å². The van der Waals surface area contributed by atoms with Gasteiger partial charge in [0.15, 0.2) is 0 Å². The fourth-order valence-corrected chi connectivity index (χ4v) is 5.42. The molecule has 194 valence electrons. The largest absolute Gasteiger partial charge is 0.368 e. The van der Waals surface area contributed by atoms with Crippen molar-refractivity contribution in [1.29, 1.82) is 0 Å². The van der Waals surface area contributed by atoms with E-state index < -0.39 is 11.9 Å². The molecule has 3 atom stereocenters. The summed E-state index contributed by atoms with van der Waals surface area (Å²) in [4.78, 5) is 38.4. The lowest BCUT2D eigenvalue weighted by atomic mass is 9.84. The molecule has 2 fully saturated rings. The van der Waals surface area contributed by atoms with Crippen LogP contribution in [0.5, 0.6) is 0 Å². The highest BCUT2D eigenvalue weighted by molar-refractivity contribution is 6.30. The smallest absolute Gasteiger partial charge is 0.254 e. The Labute approximate surface area is 219 Å². The lowest BCUT2D eigenvalue weighted by Gasteiger charge is -2.43. The number of nitrogens with one attached hydrogen (secondary N) is 1. The van der Waals surface area contributed by atoms with E-state index in [1.54, 1.807) is 24.3 Å². The van der Waals surface area contributed by atoms with Gasteiger partial charge in [0.25, 0.3) is 5.91 Å². The zero-order chi connectivity index (χ0) is 26.1. The minimum absolute atomic E-state index is 0.149. The summed E-state index contributed by atoms with van der Waals surface area (Å²) in [5.74, 6) is 0.373. The fourth-order valence-electron chi connectivity index (χ4n) is 5.19. The van der Waals surface area contributed by atoms with Gasteiger partial charge in [0.05, 0.1) is 0 Å². The molecular weight excluding hydrogens is 476 g/mol. The van der Waals surface area contributed by atoms with E-state index in [0.29, 0.717) is 17.0 Å². The Bertz CT molecular complexity index is 1020. The van der Waals surface area contributed by atoms with Gasteiger partial charge in [0, 0.05) is 42.8 Å². The number of hydrogen-bond donors (Lipinski definition) is 2. The van der Waals surface area contributed by atoms with Crippen molar-refractivity contribution in [2.45, 2.75) is 51.6 Å². The molecule has 8 heteroatoms. The van der Waals surface area contributed by atoms with Crippen molar-refractivity contribution < 1.29 is 14.4 Å². The Kier molecular flexibility index (Phi) is 10.3. The summed E-state index contributed by atoms with van der Waals surface area (Å²) in [5.41, 5.74) is 7.53. The molecule has 0 aromatic heterocycles. The van der Waals surface area contributed by atoms with Crippen LogP contribution in [-0.2, 0) is 9.59 Å². The fraction of sp³-hybridized carbons (Fsp3) is 0.464. The molecule has 4 rings (SSSR count). The van der Waals surface area contributed by atoms with Crippen molar-refractivity contribution in [3.63, 3.8) is 0 Å². The minimum atomic E-state index is -0.737. The van der Waals surface area contributed by atoms with Crippen LogP contribution in [0.15, 0.2) is 48.5 Å². The van der Waals surface area contributed by atoms with Gasteiger partial charge < -0.3 is 16.0 Å². The quantitative estimate of drug-likeness (QED) is 0.573. The summed E-state index contributed by atoms with van der Waals surface area (Å²) in [6.45, 7) is 8.03. The number of hydrogen-bond acceptors (Lipinski definition) is 4. The number of piperazine rings is 1. The van der Waals surface area contributed by atoms with E-state index in [2.05, 4.69) is 17.1 Å². The number of carbonyl (C=O) groups excluding carboxylic acids is 3. The Hall–Kier alpha value is -2.90. The third-order valence-electron chi connectivity index (χ3n) is 7.21. The molecule has 1 heterocycles. The summed E-state index contributed by atoms with van der Waals surface area (Å²) in [6, 6.07) is 14.3. The maximum absolute atomic E-state index is 12.7. The highest BCUT2D eigenvalue weighted by Crippen LogP contribution is 2.29. The molecular formula is C28H37ClN4O3. The predicted molar refractivity (Wildman–Crippen MR) is 143 cm³/mol. The lowest BCUT2D eigenvalue weighted by Crippen LogP contribution is -2.54. The second-order valence-corrected chi connectivity index (χ2v) is 10.1. The first kappa shape index (κ1) is 27.7.